The molecule has 7 nitrogen and oxygen atoms in total. The summed E-state index contributed by atoms with van der Waals surface area (Å²) in [6.45, 7) is 6.89. The van der Waals surface area contributed by atoms with Crippen molar-refractivity contribution in [3.63, 3.8) is 0 Å². The fourth-order valence-corrected chi connectivity index (χ4v) is 3.75. The number of pyridine rings is 1. The standard InChI is InChI=1S/C24H33N5O2/c1-18(2)26-23(30)17-20-3-5-21(6-4-20)27-24(31)28-22-10-15-29(16-11-22)14-9-19-7-12-25-13-8-19/h3-8,12-13,18,22H,9-11,14-17H2,1-2H3,(H,26,30)(H2,27,28,31). The van der Waals surface area contributed by atoms with Gasteiger partial charge in [0.25, 0.3) is 0 Å². The molecule has 3 amide bonds. The first-order valence-corrected chi connectivity index (χ1v) is 11.0. The molecular weight excluding hydrogens is 390 g/mol. The van der Waals surface area contributed by atoms with Gasteiger partial charge in [0.15, 0.2) is 0 Å². The molecule has 166 valence electrons. The first-order chi connectivity index (χ1) is 15.0. The van der Waals surface area contributed by atoms with E-state index in [1.165, 1.54) is 5.56 Å². The highest BCUT2D eigenvalue weighted by atomic mass is 16.2. The molecule has 1 saturated heterocycles. The lowest BCUT2D eigenvalue weighted by Gasteiger charge is -2.32. The van der Waals surface area contributed by atoms with E-state index in [1.807, 2.05) is 50.5 Å². The smallest absolute Gasteiger partial charge is 0.319 e. The zero-order chi connectivity index (χ0) is 22.1. The molecule has 31 heavy (non-hydrogen) atoms. The average Bonchev–Trinajstić information content (AvgIpc) is 2.75. The molecule has 2 aromatic rings. The second kappa shape index (κ2) is 11.5. The van der Waals surface area contributed by atoms with E-state index in [0.29, 0.717) is 6.42 Å². The van der Waals surface area contributed by atoms with Crippen molar-refractivity contribution in [1.82, 2.24) is 20.5 Å². The highest BCUT2D eigenvalue weighted by Crippen LogP contribution is 2.13. The van der Waals surface area contributed by atoms with Crippen LogP contribution in [-0.2, 0) is 17.6 Å². The molecule has 3 N–H and O–H groups in total. The van der Waals surface area contributed by atoms with Crippen LogP contribution >= 0.6 is 0 Å². The molecule has 0 bridgehead atoms. The molecule has 0 atom stereocenters. The second-order valence-corrected chi connectivity index (χ2v) is 8.42. The number of hydrogen-bond donors (Lipinski definition) is 3. The van der Waals surface area contributed by atoms with E-state index in [4.69, 9.17) is 0 Å². The minimum Gasteiger partial charge on any atom is -0.354 e. The number of anilines is 1. The molecule has 0 spiro atoms. The number of amides is 3. The number of rotatable bonds is 8. The molecule has 0 radical (unpaired) electrons. The quantitative estimate of drug-likeness (QED) is 0.609. The van der Waals surface area contributed by atoms with Gasteiger partial charge in [0.05, 0.1) is 6.42 Å². The van der Waals surface area contributed by atoms with Crippen molar-refractivity contribution in [2.75, 3.05) is 25.0 Å². The van der Waals surface area contributed by atoms with Crippen molar-refractivity contribution >= 4 is 17.6 Å². The van der Waals surface area contributed by atoms with Gasteiger partial charge in [0, 0.05) is 49.8 Å². The summed E-state index contributed by atoms with van der Waals surface area (Å²) in [5.41, 5.74) is 2.95. The van der Waals surface area contributed by atoms with E-state index in [1.54, 1.807) is 0 Å². The predicted molar refractivity (Wildman–Crippen MR) is 123 cm³/mol. The number of urea groups is 1. The van der Waals surface area contributed by atoms with E-state index in [-0.39, 0.29) is 24.0 Å². The summed E-state index contributed by atoms with van der Waals surface area (Å²) in [6, 6.07) is 11.7. The van der Waals surface area contributed by atoms with Crippen molar-refractivity contribution in [3.05, 3.63) is 59.9 Å². The molecule has 0 aliphatic carbocycles. The highest BCUT2D eigenvalue weighted by Gasteiger charge is 2.20. The minimum atomic E-state index is -0.180. The first-order valence-electron chi connectivity index (χ1n) is 11.0. The molecule has 0 saturated carbocycles. The topological polar surface area (TPSA) is 86.4 Å². The van der Waals surface area contributed by atoms with Gasteiger partial charge in [-0.3, -0.25) is 9.78 Å². The maximum absolute atomic E-state index is 12.4. The molecule has 0 unspecified atom stereocenters. The lowest BCUT2D eigenvalue weighted by molar-refractivity contribution is -0.120. The monoisotopic (exact) mass is 423 g/mol. The summed E-state index contributed by atoms with van der Waals surface area (Å²) in [5, 5.41) is 8.85. The minimum absolute atomic E-state index is 0.000529. The molecule has 2 heterocycles. The number of aromatic nitrogens is 1. The Morgan fingerprint density at radius 2 is 1.71 bits per heavy atom. The van der Waals surface area contributed by atoms with E-state index in [9.17, 15) is 9.59 Å². The maximum Gasteiger partial charge on any atom is 0.319 e. The van der Waals surface area contributed by atoms with Crippen LogP contribution in [0.5, 0.6) is 0 Å². The van der Waals surface area contributed by atoms with Crippen LogP contribution in [0.25, 0.3) is 0 Å². The van der Waals surface area contributed by atoms with Gasteiger partial charge < -0.3 is 20.9 Å². The molecule has 7 heteroatoms. The lowest BCUT2D eigenvalue weighted by atomic mass is 10.0. The Kier molecular flexibility index (Phi) is 8.41. The largest absolute Gasteiger partial charge is 0.354 e. The fourth-order valence-electron chi connectivity index (χ4n) is 3.75. The number of carbonyl (C=O) groups excluding carboxylic acids is 2. The van der Waals surface area contributed by atoms with Gasteiger partial charge in [-0.1, -0.05) is 12.1 Å². The number of hydrogen-bond acceptors (Lipinski definition) is 4. The van der Waals surface area contributed by atoms with Crippen LogP contribution in [0, 0.1) is 0 Å². The van der Waals surface area contributed by atoms with Crippen molar-refractivity contribution in [3.8, 4) is 0 Å². The van der Waals surface area contributed by atoms with Crippen LogP contribution in [-0.4, -0.2) is 53.5 Å². The van der Waals surface area contributed by atoms with Gasteiger partial charge in [-0.2, -0.15) is 0 Å². The summed E-state index contributed by atoms with van der Waals surface area (Å²) in [6.07, 6.45) is 6.93. The van der Waals surface area contributed by atoms with E-state index >= 15 is 0 Å². The van der Waals surface area contributed by atoms with Crippen molar-refractivity contribution in [1.29, 1.82) is 0 Å². The van der Waals surface area contributed by atoms with Crippen molar-refractivity contribution < 1.29 is 9.59 Å². The van der Waals surface area contributed by atoms with E-state index in [0.717, 1.165) is 50.1 Å². The third-order valence-electron chi connectivity index (χ3n) is 5.42. The zero-order valence-electron chi connectivity index (χ0n) is 18.4. The summed E-state index contributed by atoms with van der Waals surface area (Å²) in [5.74, 6) is 0.000529. The Labute approximate surface area is 184 Å². The van der Waals surface area contributed by atoms with Crippen LogP contribution in [0.2, 0.25) is 0 Å². The van der Waals surface area contributed by atoms with Gasteiger partial charge >= 0.3 is 6.03 Å². The molecule has 1 aliphatic rings. The summed E-state index contributed by atoms with van der Waals surface area (Å²) in [4.78, 5) is 30.7. The van der Waals surface area contributed by atoms with Crippen molar-refractivity contribution in [2.24, 2.45) is 0 Å². The molecule has 3 rings (SSSR count). The second-order valence-electron chi connectivity index (χ2n) is 8.42. The Hall–Kier alpha value is -2.93. The molecule has 1 aromatic carbocycles. The maximum atomic E-state index is 12.4. The third-order valence-corrected chi connectivity index (χ3v) is 5.42. The Morgan fingerprint density at radius 3 is 2.35 bits per heavy atom. The van der Waals surface area contributed by atoms with Crippen LogP contribution in [0.4, 0.5) is 10.5 Å². The number of carbonyl (C=O) groups is 2. The third kappa shape index (κ3) is 8.02. The van der Waals surface area contributed by atoms with Gasteiger partial charge in [0.2, 0.25) is 5.91 Å². The Bertz CT molecular complexity index is 831. The first kappa shape index (κ1) is 22.7. The van der Waals surface area contributed by atoms with Gasteiger partial charge in [-0.25, -0.2) is 4.79 Å². The molecular formula is C24H33N5O2. The SMILES string of the molecule is CC(C)NC(=O)Cc1ccc(NC(=O)NC2CCN(CCc3ccncc3)CC2)cc1. The number of benzene rings is 1. The molecule has 1 aliphatic heterocycles. The lowest BCUT2D eigenvalue weighted by Crippen LogP contribution is -2.46. The molecule has 1 aromatic heterocycles. The number of nitrogens with zero attached hydrogens (tertiary/aromatic N) is 2. The van der Waals surface area contributed by atoms with Gasteiger partial charge in [-0.15, -0.1) is 0 Å². The number of nitrogens with one attached hydrogen (secondary N) is 3. The van der Waals surface area contributed by atoms with E-state index < -0.39 is 0 Å². The summed E-state index contributed by atoms with van der Waals surface area (Å²) < 4.78 is 0. The van der Waals surface area contributed by atoms with Crippen LogP contribution in [0.3, 0.4) is 0 Å². The number of piperidine rings is 1. The fraction of sp³-hybridized carbons (Fsp3) is 0.458. The van der Waals surface area contributed by atoms with Crippen LogP contribution in [0.15, 0.2) is 48.8 Å². The Morgan fingerprint density at radius 1 is 1.03 bits per heavy atom. The van der Waals surface area contributed by atoms with Crippen molar-refractivity contribution in [2.45, 2.75) is 51.6 Å². The zero-order valence-corrected chi connectivity index (χ0v) is 18.4. The predicted octanol–water partition coefficient (Wildman–Crippen LogP) is 2.98. The summed E-state index contributed by atoms with van der Waals surface area (Å²) >= 11 is 0. The van der Waals surface area contributed by atoms with Gasteiger partial charge in [0.1, 0.15) is 0 Å². The average molecular weight is 424 g/mol. The van der Waals surface area contributed by atoms with Crippen LogP contribution in [0.1, 0.15) is 37.8 Å². The molecule has 1 fully saturated rings. The van der Waals surface area contributed by atoms with E-state index in [2.05, 4.69) is 38.0 Å². The Balaban J connectivity index is 1.36. The van der Waals surface area contributed by atoms with Crippen LogP contribution < -0.4 is 16.0 Å². The highest BCUT2D eigenvalue weighted by molar-refractivity contribution is 5.89. The summed E-state index contributed by atoms with van der Waals surface area (Å²) in [7, 11) is 0. The number of likely N-dealkylation sites (tertiary alicyclic amines) is 1. The van der Waals surface area contributed by atoms with Gasteiger partial charge in [-0.05, 0) is 68.5 Å². The normalized spacial score (nSPS) is 14.9.